The van der Waals surface area contributed by atoms with E-state index in [9.17, 15) is 23.1 Å². The molecule has 3 N–H and O–H groups in total. The quantitative estimate of drug-likeness (QED) is 0.769. The van der Waals surface area contributed by atoms with Crippen molar-refractivity contribution in [2.75, 3.05) is 11.9 Å². The fraction of sp³-hybridized carbons (Fsp3) is 0.250. The summed E-state index contributed by atoms with van der Waals surface area (Å²) in [6.07, 6.45) is -4.33. The Morgan fingerprint density at radius 1 is 1.28 bits per heavy atom. The highest BCUT2D eigenvalue weighted by Crippen LogP contribution is 2.24. The van der Waals surface area contributed by atoms with Crippen molar-refractivity contribution in [2.24, 2.45) is 0 Å². The third-order valence-corrected chi connectivity index (χ3v) is 3.20. The Hall–Kier alpha value is -2.81. The zero-order chi connectivity index (χ0) is 18.4. The molecular weight excluding hydrogens is 339 g/mol. The minimum absolute atomic E-state index is 0.128. The number of nitrogens with zero attached hydrogens (tertiary/aromatic N) is 1. The van der Waals surface area contributed by atoms with Gasteiger partial charge < -0.3 is 15.2 Å². The number of aryl methyl sites for hydroxylation is 1. The van der Waals surface area contributed by atoms with Crippen LogP contribution in [0.5, 0.6) is 5.75 Å². The predicted octanol–water partition coefficient (Wildman–Crippen LogP) is 3.14. The number of aliphatic hydroxyl groups is 1. The second kappa shape index (κ2) is 7.84. The molecule has 0 unspecified atom stereocenters. The van der Waals surface area contributed by atoms with E-state index in [-0.39, 0.29) is 12.3 Å². The number of halogens is 3. The molecule has 2 rings (SSSR count). The van der Waals surface area contributed by atoms with Crippen LogP contribution in [0.1, 0.15) is 17.2 Å². The lowest BCUT2D eigenvalue weighted by Gasteiger charge is -2.14. The second-order valence-electron chi connectivity index (χ2n) is 5.14. The van der Waals surface area contributed by atoms with Gasteiger partial charge in [0.05, 0.1) is 6.10 Å². The number of benzene rings is 1. The zero-order valence-corrected chi connectivity index (χ0v) is 13.2. The number of ether oxygens (including phenoxy) is 1. The molecule has 134 valence electrons. The third kappa shape index (κ3) is 5.96. The van der Waals surface area contributed by atoms with Crippen LogP contribution in [-0.2, 0) is 0 Å². The molecule has 0 bridgehead atoms. The number of anilines is 1. The number of rotatable bonds is 5. The van der Waals surface area contributed by atoms with Gasteiger partial charge in [0.15, 0.2) is 0 Å². The minimum atomic E-state index is -4.77. The van der Waals surface area contributed by atoms with Crippen LogP contribution < -0.4 is 15.4 Å². The number of carbonyl (C=O) groups excluding carboxylic acids is 1. The zero-order valence-electron chi connectivity index (χ0n) is 13.2. The maximum Gasteiger partial charge on any atom is 0.573 e. The van der Waals surface area contributed by atoms with Crippen molar-refractivity contribution < 1.29 is 27.8 Å². The predicted molar refractivity (Wildman–Crippen MR) is 84.1 cm³/mol. The highest BCUT2D eigenvalue weighted by atomic mass is 19.4. The SMILES string of the molecule is Cc1cccnc1NC(=O)NC[C@@H](O)c1ccc(OC(F)(F)F)cc1. The molecule has 1 aromatic heterocycles. The average Bonchev–Trinajstić information content (AvgIpc) is 2.54. The summed E-state index contributed by atoms with van der Waals surface area (Å²) in [4.78, 5) is 15.8. The number of hydrogen-bond acceptors (Lipinski definition) is 4. The number of aliphatic hydroxyl groups excluding tert-OH is 1. The molecule has 1 heterocycles. The molecular formula is C16H16F3N3O3. The van der Waals surface area contributed by atoms with E-state index < -0.39 is 18.5 Å². The van der Waals surface area contributed by atoms with E-state index in [0.717, 1.165) is 17.7 Å². The van der Waals surface area contributed by atoms with Gasteiger partial charge in [0.2, 0.25) is 0 Å². The molecule has 25 heavy (non-hydrogen) atoms. The lowest BCUT2D eigenvalue weighted by molar-refractivity contribution is -0.274. The van der Waals surface area contributed by atoms with Crippen LogP contribution in [0.15, 0.2) is 42.6 Å². The number of nitrogens with one attached hydrogen (secondary N) is 2. The van der Waals surface area contributed by atoms with E-state index in [1.165, 1.54) is 18.3 Å². The highest BCUT2D eigenvalue weighted by Gasteiger charge is 2.31. The summed E-state index contributed by atoms with van der Waals surface area (Å²) in [6, 6.07) is 7.70. The number of aromatic nitrogens is 1. The summed E-state index contributed by atoms with van der Waals surface area (Å²) in [6.45, 7) is 1.65. The molecule has 9 heteroatoms. The van der Waals surface area contributed by atoms with Crippen LogP contribution in [0.25, 0.3) is 0 Å². The summed E-state index contributed by atoms with van der Waals surface area (Å²) in [5.41, 5.74) is 1.11. The van der Waals surface area contributed by atoms with Crippen molar-refractivity contribution in [1.82, 2.24) is 10.3 Å². The van der Waals surface area contributed by atoms with E-state index in [4.69, 9.17) is 0 Å². The average molecular weight is 355 g/mol. The van der Waals surface area contributed by atoms with Gasteiger partial charge in [-0.25, -0.2) is 9.78 Å². The van der Waals surface area contributed by atoms with Gasteiger partial charge in [0.25, 0.3) is 0 Å². The molecule has 0 fully saturated rings. The molecule has 0 saturated carbocycles. The number of carbonyl (C=O) groups is 1. The molecule has 2 amide bonds. The lowest BCUT2D eigenvalue weighted by Crippen LogP contribution is -2.32. The Labute approximate surface area is 141 Å². The topological polar surface area (TPSA) is 83.5 Å². The first-order valence-electron chi connectivity index (χ1n) is 7.25. The van der Waals surface area contributed by atoms with Gasteiger partial charge >= 0.3 is 12.4 Å². The first-order valence-corrected chi connectivity index (χ1v) is 7.25. The van der Waals surface area contributed by atoms with Crippen LogP contribution in [0, 0.1) is 6.92 Å². The largest absolute Gasteiger partial charge is 0.573 e. The number of amides is 2. The second-order valence-corrected chi connectivity index (χ2v) is 5.14. The van der Waals surface area contributed by atoms with Gasteiger partial charge in [-0.2, -0.15) is 0 Å². The molecule has 0 aliphatic rings. The Kier molecular flexibility index (Phi) is 5.81. The van der Waals surface area contributed by atoms with Gasteiger partial charge in [-0.05, 0) is 36.2 Å². The van der Waals surface area contributed by atoms with Crippen molar-refractivity contribution in [3.05, 3.63) is 53.7 Å². The number of urea groups is 1. The van der Waals surface area contributed by atoms with Crippen LogP contribution in [-0.4, -0.2) is 29.0 Å². The van der Waals surface area contributed by atoms with Crippen LogP contribution in [0.2, 0.25) is 0 Å². The van der Waals surface area contributed by atoms with Crippen LogP contribution in [0.3, 0.4) is 0 Å². The molecule has 0 saturated heterocycles. The van der Waals surface area contributed by atoms with Gasteiger partial charge in [-0.15, -0.1) is 13.2 Å². The van der Waals surface area contributed by atoms with Gasteiger partial charge in [-0.3, -0.25) is 5.32 Å². The molecule has 0 aliphatic heterocycles. The smallest absolute Gasteiger partial charge is 0.406 e. The van der Waals surface area contributed by atoms with Gasteiger partial charge in [0, 0.05) is 12.7 Å². The van der Waals surface area contributed by atoms with Crippen molar-refractivity contribution in [2.45, 2.75) is 19.4 Å². The summed E-state index contributed by atoms with van der Waals surface area (Å²) >= 11 is 0. The Balaban J connectivity index is 1.86. The molecule has 1 atom stereocenters. The van der Waals surface area contributed by atoms with E-state index in [1.807, 2.05) is 0 Å². The standard InChI is InChI=1S/C16H16F3N3O3/c1-10-3-2-8-20-14(10)22-15(24)21-9-13(23)11-4-6-12(7-5-11)25-16(17,18)19/h2-8,13,23H,9H2,1H3,(H2,20,21,22,24)/t13-/m1/s1. The van der Waals surface area contributed by atoms with E-state index in [0.29, 0.717) is 11.4 Å². The normalized spacial score (nSPS) is 12.4. The molecule has 6 nitrogen and oxygen atoms in total. The van der Waals surface area contributed by atoms with Crippen molar-refractivity contribution in [1.29, 1.82) is 0 Å². The van der Waals surface area contributed by atoms with E-state index in [2.05, 4.69) is 20.4 Å². The van der Waals surface area contributed by atoms with Crippen molar-refractivity contribution in [3.63, 3.8) is 0 Å². The molecule has 1 aromatic carbocycles. The Morgan fingerprint density at radius 2 is 1.96 bits per heavy atom. The third-order valence-electron chi connectivity index (χ3n) is 3.20. The Morgan fingerprint density at radius 3 is 2.56 bits per heavy atom. The lowest BCUT2D eigenvalue weighted by atomic mass is 10.1. The van der Waals surface area contributed by atoms with Crippen molar-refractivity contribution in [3.8, 4) is 5.75 Å². The summed E-state index contributed by atoms with van der Waals surface area (Å²) in [5.74, 6) is 0.00271. The monoisotopic (exact) mass is 355 g/mol. The van der Waals surface area contributed by atoms with Gasteiger partial charge in [0.1, 0.15) is 11.6 Å². The number of pyridine rings is 1. The first kappa shape index (κ1) is 18.5. The number of alkyl halides is 3. The van der Waals surface area contributed by atoms with Crippen molar-refractivity contribution >= 4 is 11.8 Å². The van der Waals surface area contributed by atoms with Crippen LogP contribution >= 0.6 is 0 Å². The molecule has 0 spiro atoms. The first-order chi connectivity index (χ1) is 11.7. The fourth-order valence-corrected chi connectivity index (χ4v) is 1.97. The fourth-order valence-electron chi connectivity index (χ4n) is 1.97. The van der Waals surface area contributed by atoms with E-state index in [1.54, 1.807) is 19.1 Å². The molecule has 0 aliphatic carbocycles. The Bertz CT molecular complexity index is 721. The molecule has 0 radical (unpaired) electrons. The maximum absolute atomic E-state index is 12.1. The van der Waals surface area contributed by atoms with Gasteiger partial charge in [-0.1, -0.05) is 18.2 Å². The minimum Gasteiger partial charge on any atom is -0.406 e. The van der Waals surface area contributed by atoms with Crippen LogP contribution in [0.4, 0.5) is 23.8 Å². The maximum atomic E-state index is 12.1. The molecule has 2 aromatic rings. The summed E-state index contributed by atoms with van der Waals surface area (Å²) < 4.78 is 40.0. The number of hydrogen-bond donors (Lipinski definition) is 3. The van der Waals surface area contributed by atoms with E-state index >= 15 is 0 Å². The summed E-state index contributed by atoms with van der Waals surface area (Å²) in [5, 5.41) is 15.0. The summed E-state index contributed by atoms with van der Waals surface area (Å²) in [7, 11) is 0. The highest BCUT2D eigenvalue weighted by molar-refractivity contribution is 5.88.